The van der Waals surface area contributed by atoms with E-state index in [2.05, 4.69) is 0 Å². The summed E-state index contributed by atoms with van der Waals surface area (Å²) in [5, 5.41) is 8.49. The van der Waals surface area contributed by atoms with Crippen LogP contribution in [0.15, 0.2) is 16.9 Å². The predicted octanol–water partition coefficient (Wildman–Crippen LogP) is 1.10. The fourth-order valence-electron chi connectivity index (χ4n) is 1.08. The molecule has 0 saturated carbocycles. The van der Waals surface area contributed by atoms with Gasteiger partial charge in [0.1, 0.15) is 11.3 Å². The highest BCUT2D eigenvalue weighted by Crippen LogP contribution is 2.27. The van der Waals surface area contributed by atoms with E-state index in [1.54, 1.807) is 0 Å². The molecule has 1 aromatic heterocycles. The van der Waals surface area contributed by atoms with Crippen molar-refractivity contribution in [2.75, 3.05) is 0 Å². The van der Waals surface area contributed by atoms with Gasteiger partial charge in [0.05, 0.1) is 0 Å². The van der Waals surface area contributed by atoms with Crippen molar-refractivity contribution in [2.45, 2.75) is 6.18 Å². The molecule has 82 valence electrons. The third-order valence-corrected chi connectivity index (χ3v) is 1.83. The van der Waals surface area contributed by atoms with E-state index in [9.17, 15) is 22.8 Å². The largest absolute Gasteiger partial charge is 0.477 e. The molecule has 0 saturated heterocycles. The van der Waals surface area contributed by atoms with Gasteiger partial charge < -0.3 is 9.67 Å². The van der Waals surface area contributed by atoms with Gasteiger partial charge in [0.15, 0.2) is 0 Å². The molecule has 1 aromatic rings. The molecule has 0 aromatic carbocycles. The quantitative estimate of drug-likeness (QED) is 0.772. The minimum atomic E-state index is -4.68. The highest BCUT2D eigenvalue weighted by molar-refractivity contribution is 5.87. The van der Waals surface area contributed by atoms with Gasteiger partial charge in [-0.05, 0) is 12.1 Å². The van der Waals surface area contributed by atoms with Gasteiger partial charge in [-0.3, -0.25) is 4.79 Å². The molecule has 1 heterocycles. The fourth-order valence-corrected chi connectivity index (χ4v) is 1.08. The number of pyridine rings is 1. The standard InChI is InChI=1S/C8H6F3NO3/c1-12-5(8(9,10)11)3-2-4(6(12)13)7(14)15/h2-3H,1H3,(H,14,15). The third-order valence-electron chi connectivity index (χ3n) is 1.83. The van der Waals surface area contributed by atoms with Crippen molar-refractivity contribution in [3.63, 3.8) is 0 Å². The Morgan fingerprint density at radius 3 is 2.33 bits per heavy atom. The zero-order chi connectivity index (χ0) is 11.8. The molecule has 15 heavy (non-hydrogen) atoms. The van der Waals surface area contributed by atoms with Crippen LogP contribution in [-0.4, -0.2) is 15.6 Å². The number of hydrogen-bond donors (Lipinski definition) is 1. The molecule has 0 amide bonds. The van der Waals surface area contributed by atoms with Crippen LogP contribution in [-0.2, 0) is 13.2 Å². The average molecular weight is 221 g/mol. The maximum Gasteiger partial charge on any atom is 0.431 e. The SMILES string of the molecule is Cn1c(C(F)(F)F)ccc(C(=O)O)c1=O. The summed E-state index contributed by atoms with van der Waals surface area (Å²) in [7, 11) is 0.873. The number of carbonyl (C=O) groups is 1. The van der Waals surface area contributed by atoms with Gasteiger partial charge in [-0.25, -0.2) is 4.79 Å². The molecule has 0 aliphatic heterocycles. The predicted molar refractivity (Wildman–Crippen MR) is 43.6 cm³/mol. The number of hydrogen-bond acceptors (Lipinski definition) is 2. The van der Waals surface area contributed by atoms with Crippen molar-refractivity contribution >= 4 is 5.97 Å². The Balaban J connectivity index is 3.48. The van der Waals surface area contributed by atoms with Crippen LogP contribution in [0.5, 0.6) is 0 Å². The Labute approximate surface area is 81.6 Å². The van der Waals surface area contributed by atoms with Gasteiger partial charge >= 0.3 is 12.1 Å². The minimum Gasteiger partial charge on any atom is -0.477 e. The van der Waals surface area contributed by atoms with Gasteiger partial charge in [-0.15, -0.1) is 0 Å². The maximum absolute atomic E-state index is 12.3. The van der Waals surface area contributed by atoms with Gasteiger partial charge in [-0.1, -0.05) is 0 Å². The van der Waals surface area contributed by atoms with E-state index < -0.39 is 29.0 Å². The van der Waals surface area contributed by atoms with Crippen LogP contribution in [0.2, 0.25) is 0 Å². The maximum atomic E-state index is 12.3. The normalized spacial score (nSPS) is 11.5. The molecule has 0 spiro atoms. The number of carboxylic acids is 1. The van der Waals surface area contributed by atoms with E-state index in [0.717, 1.165) is 7.05 Å². The fraction of sp³-hybridized carbons (Fsp3) is 0.250. The molecule has 1 N–H and O–H groups in total. The van der Waals surface area contributed by atoms with E-state index in [1.807, 2.05) is 0 Å². The first-order chi connectivity index (χ1) is 6.75. The van der Waals surface area contributed by atoms with Crippen LogP contribution in [0, 0.1) is 0 Å². The molecule has 7 heteroatoms. The van der Waals surface area contributed by atoms with Crippen LogP contribution in [0.25, 0.3) is 0 Å². The van der Waals surface area contributed by atoms with Crippen molar-refractivity contribution < 1.29 is 23.1 Å². The molecule has 0 radical (unpaired) electrons. The Bertz CT molecular complexity index is 461. The number of aromatic nitrogens is 1. The summed E-state index contributed by atoms with van der Waals surface area (Å²) in [6.07, 6.45) is -4.68. The number of rotatable bonds is 1. The van der Waals surface area contributed by atoms with Crippen molar-refractivity contribution in [1.82, 2.24) is 4.57 Å². The molecule has 0 aliphatic carbocycles. The van der Waals surface area contributed by atoms with Crippen LogP contribution in [0.1, 0.15) is 16.1 Å². The molecule has 0 bridgehead atoms. The van der Waals surface area contributed by atoms with Crippen molar-refractivity contribution in [3.8, 4) is 0 Å². The molecular formula is C8H6F3NO3. The summed E-state index contributed by atoms with van der Waals surface area (Å²) in [4.78, 5) is 21.6. The Hall–Kier alpha value is -1.79. The molecule has 4 nitrogen and oxygen atoms in total. The van der Waals surface area contributed by atoms with Crippen molar-refractivity contribution in [2.24, 2.45) is 7.05 Å². The van der Waals surface area contributed by atoms with Gasteiger partial charge in [-0.2, -0.15) is 13.2 Å². The second-order valence-corrected chi connectivity index (χ2v) is 2.80. The highest BCUT2D eigenvalue weighted by atomic mass is 19.4. The van der Waals surface area contributed by atoms with Crippen LogP contribution < -0.4 is 5.56 Å². The Kier molecular flexibility index (Phi) is 2.57. The summed E-state index contributed by atoms with van der Waals surface area (Å²) in [6.45, 7) is 0. The number of alkyl halides is 3. The summed E-state index contributed by atoms with van der Waals surface area (Å²) in [6, 6.07) is 1.21. The molecule has 1 rings (SSSR count). The molecule has 0 aliphatic rings. The lowest BCUT2D eigenvalue weighted by molar-refractivity contribution is -0.143. The Morgan fingerprint density at radius 2 is 1.93 bits per heavy atom. The lowest BCUT2D eigenvalue weighted by atomic mass is 10.2. The van der Waals surface area contributed by atoms with Crippen molar-refractivity contribution in [1.29, 1.82) is 0 Å². The summed E-state index contributed by atoms with van der Waals surface area (Å²) >= 11 is 0. The molecular weight excluding hydrogens is 215 g/mol. The van der Waals surface area contributed by atoms with E-state index in [0.29, 0.717) is 12.1 Å². The van der Waals surface area contributed by atoms with Crippen LogP contribution >= 0.6 is 0 Å². The molecule has 0 unspecified atom stereocenters. The first kappa shape index (κ1) is 11.3. The van der Waals surface area contributed by atoms with Gasteiger partial charge in [0, 0.05) is 7.05 Å². The van der Waals surface area contributed by atoms with E-state index in [1.165, 1.54) is 0 Å². The zero-order valence-electron chi connectivity index (χ0n) is 7.50. The Morgan fingerprint density at radius 1 is 1.40 bits per heavy atom. The number of aromatic carboxylic acids is 1. The first-order valence-corrected chi connectivity index (χ1v) is 3.75. The molecule has 0 fully saturated rings. The zero-order valence-corrected chi connectivity index (χ0v) is 7.50. The van der Waals surface area contributed by atoms with E-state index in [-0.39, 0.29) is 4.57 Å². The monoisotopic (exact) mass is 221 g/mol. The summed E-state index contributed by atoms with van der Waals surface area (Å²) in [5.41, 5.74) is -3.06. The summed E-state index contributed by atoms with van der Waals surface area (Å²) < 4.78 is 37.0. The highest BCUT2D eigenvalue weighted by Gasteiger charge is 2.34. The van der Waals surface area contributed by atoms with Gasteiger partial charge in [0.2, 0.25) is 0 Å². The minimum absolute atomic E-state index is 0.267. The smallest absolute Gasteiger partial charge is 0.431 e. The number of carboxylic acid groups (broad SMARTS) is 1. The number of halogens is 3. The van der Waals surface area contributed by atoms with E-state index in [4.69, 9.17) is 5.11 Å². The average Bonchev–Trinajstić information content (AvgIpc) is 2.06. The lowest BCUT2D eigenvalue weighted by Crippen LogP contribution is -2.29. The molecule has 0 atom stereocenters. The topological polar surface area (TPSA) is 59.3 Å². The third kappa shape index (κ3) is 2.00. The van der Waals surface area contributed by atoms with Crippen LogP contribution in [0.4, 0.5) is 13.2 Å². The van der Waals surface area contributed by atoms with Crippen LogP contribution in [0.3, 0.4) is 0 Å². The second-order valence-electron chi connectivity index (χ2n) is 2.80. The lowest BCUT2D eigenvalue weighted by Gasteiger charge is -2.11. The second kappa shape index (κ2) is 3.41. The summed E-state index contributed by atoms with van der Waals surface area (Å²) in [5.74, 6) is -1.55. The van der Waals surface area contributed by atoms with Crippen molar-refractivity contribution in [3.05, 3.63) is 33.7 Å². The first-order valence-electron chi connectivity index (χ1n) is 3.75. The van der Waals surface area contributed by atoms with E-state index >= 15 is 0 Å². The van der Waals surface area contributed by atoms with Gasteiger partial charge in [0.25, 0.3) is 5.56 Å². The number of nitrogens with zero attached hydrogens (tertiary/aromatic N) is 1.